The quantitative estimate of drug-likeness (QED) is 0.437. The maximum Gasteiger partial charge on any atom is 0.229 e. The topological polar surface area (TPSA) is 53.4 Å². The summed E-state index contributed by atoms with van der Waals surface area (Å²) in [7, 11) is 1.63. The van der Waals surface area contributed by atoms with E-state index in [4.69, 9.17) is 9.47 Å². The van der Waals surface area contributed by atoms with Gasteiger partial charge in [-0.15, -0.1) is 0 Å². The van der Waals surface area contributed by atoms with Crippen molar-refractivity contribution < 1.29 is 14.3 Å². The molecule has 0 aliphatic heterocycles. The largest absolute Gasteiger partial charge is 0.497 e. The van der Waals surface area contributed by atoms with Crippen LogP contribution in [0, 0.1) is 13.8 Å². The van der Waals surface area contributed by atoms with E-state index < -0.39 is 0 Å². The van der Waals surface area contributed by atoms with Gasteiger partial charge in [-0.05, 0) is 98.0 Å². The number of methoxy groups -OCH3 is 1. The van der Waals surface area contributed by atoms with Crippen molar-refractivity contribution in [1.29, 1.82) is 0 Å². The third-order valence-electron chi connectivity index (χ3n) is 6.68. The Morgan fingerprint density at radius 1 is 1.12 bits per heavy atom. The normalized spacial score (nSPS) is 14.7. The molecule has 1 aliphatic rings. The lowest BCUT2D eigenvalue weighted by atomic mass is 9.68. The Hall–Kier alpha value is -3.08. The second-order valence-corrected chi connectivity index (χ2v) is 9.24. The van der Waals surface area contributed by atoms with Crippen LogP contribution in [0.2, 0.25) is 0 Å². The lowest BCUT2D eigenvalue weighted by molar-refractivity contribution is 0.103. The molecule has 0 amide bonds. The van der Waals surface area contributed by atoms with E-state index in [-0.39, 0.29) is 11.2 Å². The molecule has 5 nitrogen and oxygen atoms in total. The molecule has 0 unspecified atom stereocenters. The van der Waals surface area contributed by atoms with Crippen molar-refractivity contribution in [2.24, 2.45) is 0 Å². The molecule has 0 radical (unpaired) electrons. The Balaban J connectivity index is 1.77. The van der Waals surface area contributed by atoms with Gasteiger partial charge in [0, 0.05) is 12.1 Å². The lowest BCUT2D eigenvalue weighted by Crippen LogP contribution is -2.27. The van der Waals surface area contributed by atoms with Gasteiger partial charge in [-0.3, -0.25) is 4.79 Å². The van der Waals surface area contributed by atoms with Crippen LogP contribution >= 0.6 is 0 Å². The molecule has 3 aromatic rings. The fraction of sp³-hybridized carbons (Fsp3) is 0.407. The zero-order chi connectivity index (χ0) is 23.0. The van der Waals surface area contributed by atoms with Crippen LogP contribution in [0.5, 0.6) is 17.4 Å². The Kier molecular flexibility index (Phi) is 5.85. The summed E-state index contributed by atoms with van der Waals surface area (Å²) >= 11 is 0. The van der Waals surface area contributed by atoms with Gasteiger partial charge < -0.3 is 9.47 Å². The lowest BCUT2D eigenvalue weighted by Gasteiger charge is -2.36. The number of carbonyl (C=O) groups excluding carboxylic acids is 1. The zero-order valence-corrected chi connectivity index (χ0v) is 19.9. The summed E-state index contributed by atoms with van der Waals surface area (Å²) in [6.07, 6.45) is 5.04. The molecule has 0 fully saturated rings. The van der Waals surface area contributed by atoms with Crippen LogP contribution < -0.4 is 9.47 Å². The number of fused-ring (bicyclic) bond motifs is 1. The number of carbonyl (C=O) groups is 1. The van der Waals surface area contributed by atoms with Crippen LogP contribution in [0.15, 0.2) is 36.5 Å². The first-order chi connectivity index (χ1) is 15.3. The number of aryl methyl sites for hydroxylation is 2. The van der Waals surface area contributed by atoms with E-state index in [1.165, 1.54) is 23.1 Å². The van der Waals surface area contributed by atoms with E-state index >= 15 is 0 Å². The predicted molar refractivity (Wildman–Crippen MR) is 126 cm³/mol. The van der Waals surface area contributed by atoms with Gasteiger partial charge >= 0.3 is 0 Å². The summed E-state index contributed by atoms with van der Waals surface area (Å²) in [4.78, 5) is 13.8. The molecule has 1 aliphatic carbocycles. The SMILES string of the molecule is CCn1ncc(C(=O)c2cc(C)c3c(c2C)C(C)(C)CCC3)c1Oc1ccc(OC)cc1. The highest BCUT2D eigenvalue weighted by atomic mass is 16.5. The third kappa shape index (κ3) is 3.81. The molecule has 1 heterocycles. The predicted octanol–water partition coefficient (Wildman–Crippen LogP) is 6.17. The number of hydrogen-bond acceptors (Lipinski definition) is 4. The fourth-order valence-electron chi connectivity index (χ4n) is 5.04. The van der Waals surface area contributed by atoms with E-state index in [0.717, 1.165) is 29.7 Å². The third-order valence-corrected chi connectivity index (χ3v) is 6.68. The summed E-state index contributed by atoms with van der Waals surface area (Å²) in [5.41, 5.74) is 6.32. The molecule has 0 spiro atoms. The molecule has 0 N–H and O–H groups in total. The van der Waals surface area contributed by atoms with Crippen LogP contribution in [0.25, 0.3) is 0 Å². The van der Waals surface area contributed by atoms with Crippen LogP contribution in [0.4, 0.5) is 0 Å². The van der Waals surface area contributed by atoms with Crippen molar-refractivity contribution in [3.05, 3.63) is 69.9 Å². The van der Waals surface area contributed by atoms with Crippen molar-refractivity contribution >= 4 is 5.78 Å². The average molecular weight is 433 g/mol. The first-order valence-electron chi connectivity index (χ1n) is 11.3. The number of benzene rings is 2. The second kappa shape index (κ2) is 8.45. The van der Waals surface area contributed by atoms with E-state index in [1.54, 1.807) is 18.0 Å². The monoisotopic (exact) mass is 432 g/mol. The van der Waals surface area contributed by atoms with Gasteiger partial charge in [-0.2, -0.15) is 5.10 Å². The van der Waals surface area contributed by atoms with Gasteiger partial charge in [0.15, 0.2) is 5.78 Å². The van der Waals surface area contributed by atoms with Gasteiger partial charge in [-0.1, -0.05) is 13.8 Å². The molecule has 5 heteroatoms. The molecule has 0 bridgehead atoms. The molecule has 0 saturated carbocycles. The van der Waals surface area contributed by atoms with Crippen molar-refractivity contribution in [1.82, 2.24) is 9.78 Å². The number of hydrogen-bond donors (Lipinski definition) is 0. The Bertz CT molecular complexity index is 1160. The highest BCUT2D eigenvalue weighted by Crippen LogP contribution is 2.42. The standard InChI is InChI=1S/C27H32N2O3/c1-7-29-26(32-20-12-10-19(31-6)11-13-20)23(16-28-29)25(30)22-15-17(2)21-9-8-14-27(4,5)24(21)18(22)3/h10-13,15-16H,7-9,14H2,1-6H3. The summed E-state index contributed by atoms with van der Waals surface area (Å²) in [5, 5.41) is 4.43. The van der Waals surface area contributed by atoms with Crippen LogP contribution in [-0.2, 0) is 18.4 Å². The van der Waals surface area contributed by atoms with Crippen LogP contribution in [0.3, 0.4) is 0 Å². The van der Waals surface area contributed by atoms with Crippen LogP contribution in [-0.4, -0.2) is 22.7 Å². The van der Waals surface area contributed by atoms with Gasteiger partial charge in [0.2, 0.25) is 5.88 Å². The number of rotatable bonds is 6. The number of ketones is 1. The molecule has 2 aromatic carbocycles. The Morgan fingerprint density at radius 3 is 2.47 bits per heavy atom. The van der Waals surface area contributed by atoms with Gasteiger partial charge in [0.25, 0.3) is 0 Å². The van der Waals surface area contributed by atoms with Crippen LogP contribution in [0.1, 0.15) is 71.8 Å². The van der Waals surface area contributed by atoms with E-state index in [9.17, 15) is 4.79 Å². The molecule has 32 heavy (non-hydrogen) atoms. The molecular formula is C27H32N2O3. The second-order valence-electron chi connectivity index (χ2n) is 9.24. The maximum atomic E-state index is 13.8. The highest BCUT2D eigenvalue weighted by molar-refractivity contribution is 6.11. The molecule has 1 aromatic heterocycles. The summed E-state index contributed by atoms with van der Waals surface area (Å²) in [6.45, 7) is 11.4. The van der Waals surface area contributed by atoms with Gasteiger partial charge in [0.05, 0.1) is 13.3 Å². The fourth-order valence-corrected chi connectivity index (χ4v) is 5.04. The number of aromatic nitrogens is 2. The van der Waals surface area contributed by atoms with E-state index in [2.05, 4.69) is 38.9 Å². The van der Waals surface area contributed by atoms with Crippen molar-refractivity contribution in [2.45, 2.75) is 65.8 Å². The Morgan fingerprint density at radius 2 is 1.81 bits per heavy atom. The molecular weight excluding hydrogens is 400 g/mol. The first-order valence-corrected chi connectivity index (χ1v) is 11.3. The van der Waals surface area contributed by atoms with E-state index in [0.29, 0.717) is 23.7 Å². The van der Waals surface area contributed by atoms with Gasteiger partial charge in [-0.25, -0.2) is 4.68 Å². The minimum absolute atomic E-state index is 0.0435. The number of ether oxygens (including phenoxy) is 2. The van der Waals surface area contributed by atoms with Crippen molar-refractivity contribution in [2.75, 3.05) is 7.11 Å². The average Bonchev–Trinajstić information content (AvgIpc) is 3.18. The smallest absolute Gasteiger partial charge is 0.229 e. The minimum Gasteiger partial charge on any atom is -0.497 e. The van der Waals surface area contributed by atoms with Gasteiger partial charge in [0.1, 0.15) is 17.1 Å². The van der Waals surface area contributed by atoms with Crippen molar-refractivity contribution in [3.63, 3.8) is 0 Å². The zero-order valence-electron chi connectivity index (χ0n) is 19.9. The summed E-state index contributed by atoms with van der Waals surface area (Å²) in [5.74, 6) is 1.81. The summed E-state index contributed by atoms with van der Waals surface area (Å²) in [6, 6.07) is 9.39. The maximum absolute atomic E-state index is 13.8. The molecule has 168 valence electrons. The highest BCUT2D eigenvalue weighted by Gasteiger charge is 2.33. The molecule has 4 rings (SSSR count). The summed E-state index contributed by atoms with van der Waals surface area (Å²) < 4.78 is 13.1. The molecule has 0 saturated heterocycles. The Labute approximate surface area is 190 Å². The minimum atomic E-state index is -0.0435. The van der Waals surface area contributed by atoms with Crippen molar-refractivity contribution in [3.8, 4) is 17.4 Å². The molecule has 0 atom stereocenters. The first kappa shape index (κ1) is 22.1. The number of nitrogens with zero attached hydrogens (tertiary/aromatic N) is 2. The van der Waals surface area contributed by atoms with E-state index in [1.807, 2.05) is 31.2 Å².